The van der Waals surface area contributed by atoms with Crippen molar-refractivity contribution < 1.29 is 27.2 Å². The second kappa shape index (κ2) is 8.40. The molecule has 0 amide bonds. The summed E-state index contributed by atoms with van der Waals surface area (Å²) in [5.74, 6) is 1.71. The molecule has 1 fully saturated rings. The minimum Gasteiger partial charge on any atom is -0.495 e. The number of aryl methyl sites for hydroxylation is 1. The lowest BCUT2D eigenvalue weighted by atomic mass is 9.98. The first-order valence-electron chi connectivity index (χ1n) is 11.5. The maximum absolute atomic E-state index is 13.5. The molecule has 1 aliphatic carbocycles. The third kappa shape index (κ3) is 3.81. The van der Waals surface area contributed by atoms with Crippen LogP contribution in [0.15, 0.2) is 40.0 Å². The van der Waals surface area contributed by atoms with E-state index in [9.17, 15) is 8.42 Å². The average molecular weight is 512 g/mol. The van der Waals surface area contributed by atoms with E-state index < -0.39 is 10.0 Å². The van der Waals surface area contributed by atoms with Gasteiger partial charge >= 0.3 is 0 Å². The number of sulfonamides is 1. The molecular formula is C24H25N5O6S. The number of methoxy groups -OCH3 is 2. The lowest BCUT2D eigenvalue weighted by Crippen LogP contribution is -2.17. The Hall–Kier alpha value is -3.80. The number of nitrogens with one attached hydrogen (secondary N) is 1. The smallest absolute Gasteiger partial charge is 0.272 e. The highest BCUT2D eigenvalue weighted by molar-refractivity contribution is 7.93. The zero-order valence-corrected chi connectivity index (χ0v) is 20.8. The Balaban J connectivity index is 1.47. The summed E-state index contributed by atoms with van der Waals surface area (Å²) < 4.78 is 53.9. The Morgan fingerprint density at radius 2 is 2.08 bits per heavy atom. The van der Waals surface area contributed by atoms with Gasteiger partial charge in [0.2, 0.25) is 5.88 Å². The molecule has 3 aromatic heterocycles. The van der Waals surface area contributed by atoms with Gasteiger partial charge in [-0.2, -0.15) is 5.10 Å². The largest absolute Gasteiger partial charge is 0.495 e. The van der Waals surface area contributed by atoms with Crippen molar-refractivity contribution in [2.75, 3.05) is 25.5 Å². The molecule has 0 spiro atoms. The molecule has 4 aromatic rings. The van der Waals surface area contributed by atoms with Gasteiger partial charge in [-0.1, -0.05) is 5.16 Å². The van der Waals surface area contributed by atoms with Crippen molar-refractivity contribution in [1.82, 2.24) is 19.9 Å². The first-order chi connectivity index (χ1) is 17.4. The number of hydrogen-bond acceptors (Lipinski definition) is 9. The molecule has 1 aromatic carbocycles. The van der Waals surface area contributed by atoms with E-state index in [1.54, 1.807) is 13.1 Å². The van der Waals surface area contributed by atoms with Crippen LogP contribution in [0.25, 0.3) is 11.0 Å². The molecule has 2 unspecified atom stereocenters. The average Bonchev–Trinajstić information content (AvgIpc) is 3.23. The molecule has 0 radical (unpaired) electrons. The van der Waals surface area contributed by atoms with Gasteiger partial charge < -0.3 is 18.7 Å². The third-order valence-corrected chi connectivity index (χ3v) is 8.11. The van der Waals surface area contributed by atoms with Gasteiger partial charge in [-0.25, -0.2) is 13.4 Å². The van der Waals surface area contributed by atoms with E-state index in [0.717, 1.165) is 24.0 Å². The van der Waals surface area contributed by atoms with Gasteiger partial charge in [-0.05, 0) is 49.3 Å². The van der Waals surface area contributed by atoms with E-state index in [2.05, 4.69) is 20.0 Å². The number of rotatable bonds is 7. The van der Waals surface area contributed by atoms with Gasteiger partial charge in [0.1, 0.15) is 16.9 Å². The first-order valence-corrected chi connectivity index (χ1v) is 13.0. The molecule has 188 valence electrons. The molecule has 2 aliphatic rings. The van der Waals surface area contributed by atoms with Gasteiger partial charge in [0.05, 0.1) is 27.4 Å². The van der Waals surface area contributed by atoms with Crippen LogP contribution in [-0.2, 0) is 23.0 Å². The predicted molar refractivity (Wildman–Crippen MR) is 129 cm³/mol. The molecule has 0 saturated heterocycles. The predicted octanol–water partition coefficient (Wildman–Crippen LogP) is 3.17. The van der Waals surface area contributed by atoms with E-state index in [1.165, 1.54) is 20.3 Å². The van der Waals surface area contributed by atoms with Crippen LogP contribution in [0.1, 0.15) is 23.2 Å². The van der Waals surface area contributed by atoms with Crippen LogP contribution in [0.5, 0.6) is 17.4 Å². The van der Waals surface area contributed by atoms with E-state index in [0.29, 0.717) is 47.4 Å². The molecule has 12 heteroatoms. The highest BCUT2D eigenvalue weighted by Crippen LogP contribution is 2.49. The zero-order valence-electron chi connectivity index (χ0n) is 20.0. The minimum atomic E-state index is -4.22. The Morgan fingerprint density at radius 3 is 2.83 bits per heavy atom. The van der Waals surface area contributed by atoms with Crippen molar-refractivity contribution in [3.63, 3.8) is 0 Å². The summed E-state index contributed by atoms with van der Waals surface area (Å²) in [4.78, 5) is 3.98. The van der Waals surface area contributed by atoms with E-state index >= 15 is 0 Å². The lowest BCUT2D eigenvalue weighted by molar-refractivity contribution is 0.302. The van der Waals surface area contributed by atoms with E-state index in [-0.39, 0.29) is 22.3 Å². The molecule has 4 heterocycles. The summed E-state index contributed by atoms with van der Waals surface area (Å²) >= 11 is 0. The van der Waals surface area contributed by atoms with Crippen molar-refractivity contribution in [2.24, 2.45) is 11.8 Å². The summed E-state index contributed by atoms with van der Waals surface area (Å²) in [7, 11) is -1.48. The highest BCUT2D eigenvalue weighted by atomic mass is 32.2. The molecule has 1 aliphatic heterocycles. The second-order valence-corrected chi connectivity index (χ2v) is 10.8. The van der Waals surface area contributed by atoms with Crippen molar-refractivity contribution in [1.29, 1.82) is 0 Å². The molecule has 36 heavy (non-hydrogen) atoms. The number of anilines is 1. The fourth-order valence-corrected chi connectivity index (χ4v) is 6.12. The number of benzene rings is 1. The SMILES string of the molecule is COc1cc(C)nc(OC)c1S(=O)(=O)Nc1noc2cc(Cn3cccn3)c3c(c12)OCC1CC1C3. The maximum Gasteiger partial charge on any atom is 0.272 e. The Bertz CT molecular complexity index is 1540. The number of fused-ring (bicyclic) bond motifs is 4. The molecule has 11 nitrogen and oxygen atoms in total. The van der Waals surface area contributed by atoms with Crippen LogP contribution in [0.2, 0.25) is 0 Å². The van der Waals surface area contributed by atoms with Crippen LogP contribution in [0, 0.1) is 18.8 Å². The number of hydrogen-bond donors (Lipinski definition) is 1. The quantitative estimate of drug-likeness (QED) is 0.397. The minimum absolute atomic E-state index is 0.0344. The van der Waals surface area contributed by atoms with Crippen molar-refractivity contribution in [2.45, 2.75) is 31.2 Å². The zero-order chi connectivity index (χ0) is 25.0. The Labute approximate surface area is 207 Å². The lowest BCUT2D eigenvalue weighted by Gasteiger charge is -2.16. The molecule has 6 rings (SSSR count). The summed E-state index contributed by atoms with van der Waals surface area (Å²) in [6.45, 7) is 2.83. The second-order valence-electron chi connectivity index (χ2n) is 9.13. The Morgan fingerprint density at radius 1 is 1.22 bits per heavy atom. The van der Waals surface area contributed by atoms with E-state index in [4.69, 9.17) is 18.7 Å². The highest BCUT2D eigenvalue weighted by Gasteiger charge is 2.42. The normalized spacial score (nSPS) is 18.6. The summed E-state index contributed by atoms with van der Waals surface area (Å²) in [5.41, 5.74) is 3.01. The van der Waals surface area contributed by atoms with Gasteiger partial charge in [-0.15, -0.1) is 0 Å². The van der Waals surface area contributed by atoms with Gasteiger partial charge in [0.25, 0.3) is 10.0 Å². The monoisotopic (exact) mass is 511 g/mol. The third-order valence-electron chi connectivity index (χ3n) is 6.73. The molecule has 1 saturated carbocycles. The standard InChI is InChI=1S/C24H25N5O6S/c1-13-7-19(32-2)22(24(26-13)33-3)36(30,31)28-23-20-18(35-27-23)10-15(11-29-6-4-5-25-29)17-9-14-8-16(14)12-34-21(17)20/h4-7,10,14,16H,8-9,11-12H2,1-3H3,(H,27,28). The number of nitrogens with zero attached hydrogens (tertiary/aromatic N) is 4. The van der Waals surface area contributed by atoms with E-state index in [1.807, 2.05) is 23.0 Å². The van der Waals surface area contributed by atoms with Crippen molar-refractivity contribution in [3.05, 3.63) is 47.4 Å². The maximum atomic E-state index is 13.5. The van der Waals surface area contributed by atoms with Crippen LogP contribution < -0.4 is 18.9 Å². The molecule has 2 atom stereocenters. The van der Waals surface area contributed by atoms with Crippen LogP contribution in [0.3, 0.4) is 0 Å². The summed E-state index contributed by atoms with van der Waals surface area (Å²) in [5, 5.41) is 8.88. The molecule has 1 N–H and O–H groups in total. The fraction of sp³-hybridized carbons (Fsp3) is 0.375. The van der Waals surface area contributed by atoms with Crippen molar-refractivity contribution in [3.8, 4) is 17.4 Å². The molecular weight excluding hydrogens is 486 g/mol. The van der Waals surface area contributed by atoms with Crippen LogP contribution >= 0.6 is 0 Å². The fourth-order valence-electron chi connectivity index (χ4n) is 4.86. The van der Waals surface area contributed by atoms with Crippen LogP contribution in [-0.4, -0.2) is 49.2 Å². The molecule has 0 bridgehead atoms. The van der Waals surface area contributed by atoms with Crippen molar-refractivity contribution >= 4 is 26.8 Å². The van der Waals surface area contributed by atoms with Gasteiger partial charge in [0, 0.05) is 29.7 Å². The Kier molecular flexibility index (Phi) is 5.29. The van der Waals surface area contributed by atoms with Gasteiger partial charge in [-0.3, -0.25) is 9.40 Å². The summed E-state index contributed by atoms with van der Waals surface area (Å²) in [6.07, 6.45) is 5.59. The number of ether oxygens (including phenoxy) is 3. The van der Waals surface area contributed by atoms with Gasteiger partial charge in [0.15, 0.2) is 16.3 Å². The summed E-state index contributed by atoms with van der Waals surface area (Å²) in [6, 6.07) is 5.29. The first kappa shape index (κ1) is 22.7. The van der Waals surface area contributed by atoms with Crippen LogP contribution in [0.4, 0.5) is 5.82 Å². The number of aromatic nitrogens is 4. The topological polar surface area (TPSA) is 131 Å². The number of pyridine rings is 1.